The molecule has 0 saturated carbocycles. The molecule has 7 heteroatoms. The minimum absolute atomic E-state index is 0.130. The first kappa shape index (κ1) is 12.5. The normalized spacial score (nSPS) is 11.6. The van der Waals surface area contributed by atoms with Gasteiger partial charge in [0.25, 0.3) is 0 Å². The van der Waals surface area contributed by atoms with Crippen molar-refractivity contribution in [2.75, 3.05) is 19.7 Å². The molecule has 0 heterocycles. The number of hydrogen-bond donors (Lipinski definition) is 5. The Hall–Kier alpha value is -1.50. The van der Waals surface area contributed by atoms with Gasteiger partial charge in [-0.15, -0.1) is 0 Å². The van der Waals surface area contributed by atoms with Crippen LogP contribution in [-0.2, 0) is 0 Å². The van der Waals surface area contributed by atoms with E-state index in [4.69, 9.17) is 10.8 Å². The van der Waals surface area contributed by atoms with Gasteiger partial charge in [-0.05, 0) is 6.92 Å². The van der Waals surface area contributed by atoms with Gasteiger partial charge in [0, 0.05) is 13.1 Å². The Kier molecular flexibility index (Phi) is 6.21. The number of amides is 4. The molecule has 1 atom stereocenters. The molecule has 0 aliphatic rings. The molecule has 0 aromatic rings. The van der Waals surface area contributed by atoms with Crippen molar-refractivity contribution in [2.45, 2.75) is 13.0 Å². The number of carbonyl (C=O) groups excluding carboxylic acids is 2. The highest BCUT2D eigenvalue weighted by molar-refractivity contribution is 5.74. The Morgan fingerprint density at radius 3 is 2.50 bits per heavy atom. The molecule has 7 nitrogen and oxygen atoms in total. The number of primary amides is 1. The molecule has 14 heavy (non-hydrogen) atoms. The maximum Gasteiger partial charge on any atom is 0.314 e. The maximum absolute atomic E-state index is 10.9. The van der Waals surface area contributed by atoms with Crippen molar-refractivity contribution in [3.63, 3.8) is 0 Å². The standard InChI is InChI=1S/C7H16N4O3/c1-2-9-7(14)10-3-5(4-12)11-6(8)13/h5,12H,2-4H2,1H3,(H3,8,11,13)(H2,9,10,14). The van der Waals surface area contributed by atoms with Crippen LogP contribution in [0.4, 0.5) is 9.59 Å². The molecule has 0 radical (unpaired) electrons. The Morgan fingerprint density at radius 1 is 1.43 bits per heavy atom. The molecular formula is C7H16N4O3. The van der Waals surface area contributed by atoms with Crippen molar-refractivity contribution >= 4 is 12.1 Å². The van der Waals surface area contributed by atoms with Gasteiger partial charge in [-0.25, -0.2) is 9.59 Å². The van der Waals surface area contributed by atoms with Crippen LogP contribution in [0.25, 0.3) is 0 Å². The zero-order valence-corrected chi connectivity index (χ0v) is 8.04. The van der Waals surface area contributed by atoms with E-state index in [1.807, 2.05) is 0 Å². The lowest BCUT2D eigenvalue weighted by atomic mass is 10.3. The molecule has 0 aliphatic carbocycles. The Labute approximate surface area is 82.0 Å². The summed E-state index contributed by atoms with van der Waals surface area (Å²) in [7, 11) is 0. The van der Waals surface area contributed by atoms with Gasteiger partial charge < -0.3 is 26.8 Å². The third-order valence-corrected chi connectivity index (χ3v) is 1.41. The van der Waals surface area contributed by atoms with Gasteiger partial charge in [0.15, 0.2) is 0 Å². The van der Waals surface area contributed by atoms with Crippen LogP contribution >= 0.6 is 0 Å². The van der Waals surface area contributed by atoms with Gasteiger partial charge in [0.2, 0.25) is 0 Å². The Bertz CT molecular complexity index is 197. The third-order valence-electron chi connectivity index (χ3n) is 1.41. The van der Waals surface area contributed by atoms with E-state index >= 15 is 0 Å². The first-order chi connectivity index (χ1) is 6.60. The van der Waals surface area contributed by atoms with Crippen LogP contribution in [0.2, 0.25) is 0 Å². The maximum atomic E-state index is 10.9. The fourth-order valence-electron chi connectivity index (χ4n) is 0.801. The quantitative estimate of drug-likeness (QED) is 0.369. The van der Waals surface area contributed by atoms with Gasteiger partial charge in [0.1, 0.15) is 0 Å². The summed E-state index contributed by atoms with van der Waals surface area (Å²) in [6, 6.07) is -1.64. The molecule has 0 aliphatic heterocycles. The zero-order valence-electron chi connectivity index (χ0n) is 8.04. The average Bonchev–Trinajstić information content (AvgIpc) is 2.12. The minimum Gasteiger partial charge on any atom is -0.394 e. The highest BCUT2D eigenvalue weighted by Gasteiger charge is 2.09. The summed E-state index contributed by atoms with van der Waals surface area (Å²) in [6.07, 6.45) is 0. The second kappa shape index (κ2) is 6.96. The van der Waals surface area contributed by atoms with Gasteiger partial charge in [-0.2, -0.15) is 0 Å². The monoisotopic (exact) mass is 204 g/mol. The molecule has 82 valence electrons. The predicted molar refractivity (Wildman–Crippen MR) is 50.7 cm³/mol. The number of aliphatic hydroxyl groups excluding tert-OH is 1. The Morgan fingerprint density at radius 2 is 2.07 bits per heavy atom. The van der Waals surface area contributed by atoms with Crippen molar-refractivity contribution in [2.24, 2.45) is 5.73 Å². The van der Waals surface area contributed by atoms with Crippen LogP contribution in [0.3, 0.4) is 0 Å². The minimum atomic E-state index is -0.734. The lowest BCUT2D eigenvalue weighted by Gasteiger charge is -2.15. The number of nitrogens with one attached hydrogen (secondary N) is 3. The second-order valence-electron chi connectivity index (χ2n) is 2.63. The SMILES string of the molecule is CCNC(=O)NCC(CO)NC(N)=O. The fraction of sp³-hybridized carbons (Fsp3) is 0.714. The topological polar surface area (TPSA) is 116 Å². The number of carbonyl (C=O) groups is 2. The molecule has 1 unspecified atom stereocenters. The molecule has 6 N–H and O–H groups in total. The Balaban J connectivity index is 3.71. The van der Waals surface area contributed by atoms with Crippen molar-refractivity contribution < 1.29 is 14.7 Å². The molecule has 0 spiro atoms. The van der Waals surface area contributed by atoms with E-state index in [9.17, 15) is 9.59 Å². The van der Waals surface area contributed by atoms with Crippen LogP contribution < -0.4 is 21.7 Å². The lowest BCUT2D eigenvalue weighted by molar-refractivity contribution is 0.215. The number of hydrogen-bond acceptors (Lipinski definition) is 3. The van der Waals surface area contributed by atoms with E-state index in [2.05, 4.69) is 16.0 Å². The molecule has 0 saturated heterocycles. The largest absolute Gasteiger partial charge is 0.394 e. The summed E-state index contributed by atoms with van der Waals surface area (Å²) in [4.78, 5) is 21.3. The van der Waals surface area contributed by atoms with Gasteiger partial charge in [0.05, 0.1) is 12.6 Å². The molecule has 0 bridgehead atoms. The second-order valence-corrected chi connectivity index (χ2v) is 2.63. The number of nitrogens with two attached hydrogens (primary N) is 1. The number of aliphatic hydroxyl groups is 1. The van der Waals surface area contributed by atoms with Crippen LogP contribution in [0, 0.1) is 0 Å². The highest BCUT2D eigenvalue weighted by Crippen LogP contribution is 1.79. The van der Waals surface area contributed by atoms with Crippen molar-refractivity contribution in [1.29, 1.82) is 0 Å². The number of rotatable bonds is 5. The summed E-state index contributed by atoms with van der Waals surface area (Å²) in [5, 5.41) is 16.0. The van der Waals surface area contributed by atoms with Gasteiger partial charge in [-0.3, -0.25) is 0 Å². The van der Waals surface area contributed by atoms with Gasteiger partial charge in [-0.1, -0.05) is 0 Å². The zero-order chi connectivity index (χ0) is 11.0. The van der Waals surface area contributed by atoms with Crippen molar-refractivity contribution in [3.05, 3.63) is 0 Å². The molecule has 0 aromatic carbocycles. The summed E-state index contributed by atoms with van der Waals surface area (Å²) >= 11 is 0. The first-order valence-electron chi connectivity index (χ1n) is 4.28. The molecule has 4 amide bonds. The molecule has 0 rings (SSSR count). The van der Waals surface area contributed by atoms with Crippen LogP contribution in [0.15, 0.2) is 0 Å². The lowest BCUT2D eigenvalue weighted by Crippen LogP contribution is -2.49. The van der Waals surface area contributed by atoms with E-state index in [0.717, 1.165) is 0 Å². The van der Waals surface area contributed by atoms with E-state index in [1.165, 1.54) is 0 Å². The van der Waals surface area contributed by atoms with E-state index in [1.54, 1.807) is 6.92 Å². The predicted octanol–water partition coefficient (Wildman–Crippen LogP) is -1.67. The fourth-order valence-corrected chi connectivity index (χ4v) is 0.801. The summed E-state index contributed by atoms with van der Waals surface area (Å²) in [5.41, 5.74) is 4.84. The molecule has 0 fully saturated rings. The van der Waals surface area contributed by atoms with Crippen molar-refractivity contribution in [3.8, 4) is 0 Å². The first-order valence-corrected chi connectivity index (χ1v) is 4.28. The van der Waals surface area contributed by atoms with E-state index in [0.29, 0.717) is 6.54 Å². The summed E-state index contributed by atoms with van der Waals surface area (Å²) in [5.74, 6) is 0. The van der Waals surface area contributed by atoms with Gasteiger partial charge >= 0.3 is 12.1 Å². The van der Waals surface area contributed by atoms with E-state index in [-0.39, 0.29) is 19.2 Å². The summed E-state index contributed by atoms with van der Waals surface area (Å²) in [6.45, 7) is 2.14. The molecule has 0 aromatic heterocycles. The van der Waals surface area contributed by atoms with Crippen molar-refractivity contribution in [1.82, 2.24) is 16.0 Å². The average molecular weight is 204 g/mol. The highest BCUT2D eigenvalue weighted by atomic mass is 16.3. The van der Waals surface area contributed by atoms with Crippen LogP contribution in [-0.4, -0.2) is 42.9 Å². The van der Waals surface area contributed by atoms with E-state index < -0.39 is 12.1 Å². The smallest absolute Gasteiger partial charge is 0.314 e. The van der Waals surface area contributed by atoms with Crippen LogP contribution in [0.1, 0.15) is 6.92 Å². The number of urea groups is 2. The summed E-state index contributed by atoms with van der Waals surface area (Å²) < 4.78 is 0. The molecular weight excluding hydrogens is 188 g/mol. The van der Waals surface area contributed by atoms with Crippen LogP contribution in [0.5, 0.6) is 0 Å². The third kappa shape index (κ3) is 6.06.